The van der Waals surface area contributed by atoms with Crippen LogP contribution in [-0.2, 0) is 17.6 Å². The maximum atomic E-state index is 11.9. The molecule has 1 aliphatic heterocycles. The fraction of sp³-hybridized carbons (Fsp3) is 0.333. The number of benzene rings is 2. The third-order valence-electron chi connectivity index (χ3n) is 7.07. The Kier molecular flexibility index (Phi) is 7.67. The zero-order valence-electron chi connectivity index (χ0n) is 21.7. The van der Waals surface area contributed by atoms with Crippen LogP contribution < -0.4 is 9.64 Å². The summed E-state index contributed by atoms with van der Waals surface area (Å²) in [7, 11) is 0. The van der Waals surface area contributed by atoms with Crippen molar-refractivity contribution in [3.05, 3.63) is 89.6 Å². The standard InChI is InChI=1S/C30H32N4O4/c1-20-14-16-31-30(32-20)34-18-24(26(19-34)29(35)36)11-8-22-9-12-25(13-10-22)37-17-15-27-21(2)38-28(33-27)23-6-4-3-5-7-23/h3-7,9-10,12-14,16,24,26H,8,11,15,17-19H2,1-2H3,(H,35,36)/t24-,26+/m1/s1. The van der Waals surface area contributed by atoms with Crippen LogP contribution in [0, 0.1) is 25.7 Å². The van der Waals surface area contributed by atoms with E-state index < -0.39 is 11.9 Å². The summed E-state index contributed by atoms with van der Waals surface area (Å²) in [4.78, 5) is 27.4. The van der Waals surface area contributed by atoms with Gasteiger partial charge in [-0.15, -0.1) is 0 Å². The summed E-state index contributed by atoms with van der Waals surface area (Å²) >= 11 is 0. The largest absolute Gasteiger partial charge is 0.493 e. The van der Waals surface area contributed by atoms with Crippen LogP contribution in [0.4, 0.5) is 5.95 Å². The fourth-order valence-corrected chi connectivity index (χ4v) is 4.93. The lowest BCUT2D eigenvalue weighted by Crippen LogP contribution is -2.24. The number of rotatable bonds is 10. The number of nitrogens with zero attached hydrogens (tertiary/aromatic N) is 4. The molecule has 2 aromatic heterocycles. The van der Waals surface area contributed by atoms with E-state index in [0.29, 0.717) is 38.0 Å². The number of ether oxygens (including phenoxy) is 1. The van der Waals surface area contributed by atoms with Crippen molar-refractivity contribution in [2.45, 2.75) is 33.1 Å². The van der Waals surface area contributed by atoms with Gasteiger partial charge in [-0.2, -0.15) is 0 Å². The van der Waals surface area contributed by atoms with Crippen LogP contribution in [0.2, 0.25) is 0 Å². The predicted molar refractivity (Wildman–Crippen MR) is 144 cm³/mol. The highest BCUT2D eigenvalue weighted by molar-refractivity contribution is 5.72. The Bertz CT molecular complexity index is 1370. The zero-order chi connectivity index (χ0) is 26.5. The van der Waals surface area contributed by atoms with Gasteiger partial charge in [0.1, 0.15) is 11.5 Å². The first-order chi connectivity index (χ1) is 18.5. The lowest BCUT2D eigenvalue weighted by atomic mass is 9.90. The first-order valence-electron chi connectivity index (χ1n) is 13.0. The fourth-order valence-electron chi connectivity index (χ4n) is 4.93. The van der Waals surface area contributed by atoms with E-state index in [2.05, 4.69) is 27.1 Å². The minimum absolute atomic E-state index is 0.0408. The van der Waals surface area contributed by atoms with Crippen molar-refractivity contribution in [2.24, 2.45) is 11.8 Å². The Morgan fingerprint density at radius 1 is 1.03 bits per heavy atom. The molecule has 1 fully saturated rings. The van der Waals surface area contributed by atoms with Crippen LogP contribution >= 0.6 is 0 Å². The van der Waals surface area contributed by atoms with Crippen molar-refractivity contribution >= 4 is 11.9 Å². The molecule has 196 valence electrons. The van der Waals surface area contributed by atoms with Gasteiger partial charge in [0.2, 0.25) is 11.8 Å². The Labute approximate surface area is 222 Å². The molecule has 0 radical (unpaired) electrons. The maximum absolute atomic E-state index is 11.9. The average molecular weight is 513 g/mol. The molecule has 0 amide bonds. The van der Waals surface area contributed by atoms with Crippen LogP contribution in [0.3, 0.4) is 0 Å². The molecular weight excluding hydrogens is 480 g/mol. The molecule has 8 nitrogen and oxygen atoms in total. The summed E-state index contributed by atoms with van der Waals surface area (Å²) in [5.74, 6) is 1.70. The SMILES string of the molecule is Cc1ccnc(N2C[C@@H](CCc3ccc(OCCc4nc(-c5ccccc5)oc4C)cc3)[C@@H](C(=O)O)C2)n1. The zero-order valence-corrected chi connectivity index (χ0v) is 21.7. The second kappa shape index (κ2) is 11.5. The third kappa shape index (κ3) is 6.02. The number of carbonyl (C=O) groups is 1. The molecule has 5 rings (SSSR count). The second-order valence-electron chi connectivity index (χ2n) is 9.78. The molecule has 0 unspecified atom stereocenters. The van der Waals surface area contributed by atoms with Crippen LogP contribution in [0.5, 0.6) is 5.75 Å². The lowest BCUT2D eigenvalue weighted by Gasteiger charge is -2.16. The molecule has 0 saturated carbocycles. The molecule has 1 saturated heterocycles. The topological polar surface area (TPSA) is 102 Å². The van der Waals surface area contributed by atoms with Gasteiger partial charge < -0.3 is 19.2 Å². The van der Waals surface area contributed by atoms with Gasteiger partial charge in [-0.25, -0.2) is 15.0 Å². The highest BCUT2D eigenvalue weighted by Gasteiger charge is 2.38. The van der Waals surface area contributed by atoms with Gasteiger partial charge in [0.25, 0.3) is 0 Å². The molecule has 1 aliphatic rings. The van der Waals surface area contributed by atoms with E-state index in [1.54, 1.807) is 6.20 Å². The van der Waals surface area contributed by atoms with Gasteiger partial charge in [0.05, 0.1) is 18.2 Å². The number of aromatic nitrogens is 3. The van der Waals surface area contributed by atoms with Gasteiger partial charge in [-0.05, 0) is 68.5 Å². The van der Waals surface area contributed by atoms with Crippen LogP contribution in [0.15, 0.2) is 71.3 Å². The average Bonchev–Trinajstić information content (AvgIpc) is 3.53. The number of carboxylic acids is 1. The third-order valence-corrected chi connectivity index (χ3v) is 7.07. The number of oxazole rings is 1. The van der Waals surface area contributed by atoms with Gasteiger partial charge in [-0.1, -0.05) is 30.3 Å². The van der Waals surface area contributed by atoms with E-state index in [1.165, 1.54) is 0 Å². The number of carboxylic acid groups (broad SMARTS) is 1. The van der Waals surface area contributed by atoms with E-state index in [-0.39, 0.29) is 5.92 Å². The minimum Gasteiger partial charge on any atom is -0.493 e. The van der Waals surface area contributed by atoms with Gasteiger partial charge in [0, 0.05) is 37.0 Å². The van der Waals surface area contributed by atoms with Crippen molar-refractivity contribution < 1.29 is 19.1 Å². The Hall–Kier alpha value is -4.20. The quantitative estimate of drug-likeness (QED) is 0.312. The van der Waals surface area contributed by atoms with E-state index in [1.807, 2.05) is 67.3 Å². The van der Waals surface area contributed by atoms with E-state index >= 15 is 0 Å². The van der Waals surface area contributed by atoms with Crippen molar-refractivity contribution in [1.82, 2.24) is 15.0 Å². The number of anilines is 1. The summed E-state index contributed by atoms with van der Waals surface area (Å²) in [6.45, 7) is 5.43. The molecule has 0 aliphatic carbocycles. The van der Waals surface area contributed by atoms with Crippen molar-refractivity contribution in [3.63, 3.8) is 0 Å². The van der Waals surface area contributed by atoms with Crippen molar-refractivity contribution in [1.29, 1.82) is 0 Å². The van der Waals surface area contributed by atoms with Crippen LogP contribution in [-0.4, -0.2) is 45.7 Å². The van der Waals surface area contributed by atoms with Crippen molar-refractivity contribution in [2.75, 3.05) is 24.6 Å². The molecule has 8 heteroatoms. The number of aliphatic carboxylic acids is 1. The smallest absolute Gasteiger partial charge is 0.308 e. The number of aryl methyl sites for hydroxylation is 3. The minimum atomic E-state index is -0.757. The Morgan fingerprint density at radius 3 is 2.55 bits per heavy atom. The summed E-state index contributed by atoms with van der Waals surface area (Å²) in [5.41, 5.74) is 3.89. The van der Waals surface area contributed by atoms with Gasteiger partial charge in [-0.3, -0.25) is 4.79 Å². The van der Waals surface area contributed by atoms with Crippen molar-refractivity contribution in [3.8, 4) is 17.2 Å². The molecular formula is C30H32N4O4. The van der Waals surface area contributed by atoms with Crippen LogP contribution in [0.1, 0.15) is 29.1 Å². The molecule has 0 spiro atoms. The van der Waals surface area contributed by atoms with Gasteiger partial charge >= 0.3 is 5.97 Å². The van der Waals surface area contributed by atoms with E-state index in [9.17, 15) is 9.90 Å². The van der Waals surface area contributed by atoms with Crippen LogP contribution in [0.25, 0.3) is 11.5 Å². The van der Waals surface area contributed by atoms with Gasteiger partial charge in [0.15, 0.2) is 0 Å². The second-order valence-corrected chi connectivity index (χ2v) is 9.78. The highest BCUT2D eigenvalue weighted by atomic mass is 16.5. The summed E-state index contributed by atoms with van der Waals surface area (Å²) in [6.07, 6.45) is 3.97. The Balaban J connectivity index is 1.12. The predicted octanol–water partition coefficient (Wildman–Crippen LogP) is 5.14. The monoisotopic (exact) mass is 512 g/mol. The normalized spacial score (nSPS) is 17.1. The molecule has 1 N–H and O–H groups in total. The highest BCUT2D eigenvalue weighted by Crippen LogP contribution is 2.30. The molecule has 4 aromatic rings. The molecule has 3 heterocycles. The molecule has 38 heavy (non-hydrogen) atoms. The number of hydrogen-bond donors (Lipinski definition) is 1. The lowest BCUT2D eigenvalue weighted by molar-refractivity contribution is -0.142. The Morgan fingerprint density at radius 2 is 1.82 bits per heavy atom. The van der Waals surface area contributed by atoms with E-state index in [0.717, 1.165) is 46.9 Å². The maximum Gasteiger partial charge on any atom is 0.308 e. The van der Waals surface area contributed by atoms with E-state index in [4.69, 9.17) is 9.15 Å². The molecule has 2 atom stereocenters. The summed E-state index contributed by atoms with van der Waals surface area (Å²) < 4.78 is 11.8. The summed E-state index contributed by atoms with van der Waals surface area (Å²) in [6, 6.07) is 19.8. The first-order valence-corrected chi connectivity index (χ1v) is 13.0. The molecule has 2 aromatic carbocycles. The summed E-state index contributed by atoms with van der Waals surface area (Å²) in [5, 5.41) is 9.78. The number of hydrogen-bond acceptors (Lipinski definition) is 7. The first kappa shape index (κ1) is 25.4. The molecule has 0 bridgehead atoms.